The van der Waals surface area contributed by atoms with Crippen LogP contribution in [-0.2, 0) is 16.8 Å². The van der Waals surface area contributed by atoms with Gasteiger partial charge in [0.2, 0.25) is 0 Å². The van der Waals surface area contributed by atoms with Crippen LogP contribution in [0.4, 0.5) is 0 Å². The molecule has 0 unspecified atom stereocenters. The average molecular weight is 182 g/mol. The molecule has 0 saturated heterocycles. The van der Waals surface area contributed by atoms with Crippen LogP contribution in [0.2, 0.25) is 0 Å². The third-order valence-corrected chi connectivity index (χ3v) is 1.73. The van der Waals surface area contributed by atoms with Crippen LogP contribution in [0.3, 0.4) is 0 Å². The first-order valence-electron chi connectivity index (χ1n) is 4.17. The second-order valence-corrected chi connectivity index (χ2v) is 3.95. The van der Waals surface area contributed by atoms with Gasteiger partial charge in [0.05, 0.1) is 18.2 Å². The SMILES string of the molecule is CC(C)(C)n1cc(O)c(CC=O)n1. The van der Waals surface area contributed by atoms with Gasteiger partial charge < -0.3 is 9.90 Å². The quantitative estimate of drug-likeness (QED) is 0.696. The predicted molar refractivity (Wildman–Crippen MR) is 48.7 cm³/mol. The van der Waals surface area contributed by atoms with E-state index in [0.717, 1.165) is 6.29 Å². The molecular formula is C9H14N2O2. The molecule has 0 atom stereocenters. The molecule has 72 valence electrons. The van der Waals surface area contributed by atoms with Crippen LogP contribution in [0.1, 0.15) is 26.5 Å². The summed E-state index contributed by atoms with van der Waals surface area (Å²) in [5.74, 6) is 0.0852. The number of carbonyl (C=O) groups is 1. The molecule has 0 aliphatic carbocycles. The minimum absolute atomic E-state index is 0.0852. The lowest BCUT2D eigenvalue weighted by atomic mass is 10.1. The van der Waals surface area contributed by atoms with Crippen molar-refractivity contribution in [2.24, 2.45) is 0 Å². The summed E-state index contributed by atoms with van der Waals surface area (Å²) in [6, 6.07) is 0. The molecule has 0 fully saturated rings. The predicted octanol–water partition coefficient (Wildman–Crippen LogP) is 1.09. The maximum atomic E-state index is 10.2. The Morgan fingerprint density at radius 2 is 2.23 bits per heavy atom. The Hall–Kier alpha value is -1.32. The van der Waals surface area contributed by atoms with E-state index in [1.165, 1.54) is 0 Å². The topological polar surface area (TPSA) is 55.1 Å². The average Bonchev–Trinajstić information content (AvgIpc) is 2.32. The van der Waals surface area contributed by atoms with E-state index in [2.05, 4.69) is 5.10 Å². The number of nitrogens with zero attached hydrogens (tertiary/aromatic N) is 2. The molecule has 0 aliphatic heterocycles. The van der Waals surface area contributed by atoms with Crippen molar-refractivity contribution in [1.29, 1.82) is 0 Å². The van der Waals surface area contributed by atoms with Crippen LogP contribution < -0.4 is 0 Å². The van der Waals surface area contributed by atoms with Crippen LogP contribution >= 0.6 is 0 Å². The Morgan fingerprint density at radius 3 is 2.62 bits per heavy atom. The van der Waals surface area contributed by atoms with Crippen molar-refractivity contribution >= 4 is 6.29 Å². The molecular weight excluding hydrogens is 168 g/mol. The largest absolute Gasteiger partial charge is 0.504 e. The number of carbonyl (C=O) groups excluding carboxylic acids is 1. The summed E-state index contributed by atoms with van der Waals surface area (Å²) < 4.78 is 1.65. The molecule has 0 saturated carbocycles. The number of aldehydes is 1. The molecule has 1 N–H and O–H groups in total. The highest BCUT2D eigenvalue weighted by Gasteiger charge is 2.17. The van der Waals surface area contributed by atoms with Gasteiger partial charge in [-0.05, 0) is 20.8 Å². The summed E-state index contributed by atoms with van der Waals surface area (Å²) in [4.78, 5) is 10.2. The summed E-state index contributed by atoms with van der Waals surface area (Å²) in [5.41, 5.74) is 0.267. The monoisotopic (exact) mass is 182 g/mol. The third kappa shape index (κ3) is 2.08. The Kier molecular flexibility index (Phi) is 2.40. The Bertz CT molecular complexity index is 310. The fourth-order valence-electron chi connectivity index (χ4n) is 0.968. The fraction of sp³-hybridized carbons (Fsp3) is 0.556. The van der Waals surface area contributed by atoms with Crippen LogP contribution in [0.25, 0.3) is 0 Å². The lowest BCUT2D eigenvalue weighted by molar-refractivity contribution is -0.107. The van der Waals surface area contributed by atoms with Crippen LogP contribution in [0.5, 0.6) is 5.75 Å². The number of rotatable bonds is 2. The Labute approximate surface area is 77.2 Å². The van der Waals surface area contributed by atoms with E-state index in [4.69, 9.17) is 0 Å². The zero-order valence-corrected chi connectivity index (χ0v) is 8.11. The first-order chi connectivity index (χ1) is 5.95. The van der Waals surface area contributed by atoms with Gasteiger partial charge in [0.1, 0.15) is 12.0 Å². The highest BCUT2D eigenvalue weighted by Crippen LogP contribution is 2.20. The Morgan fingerprint density at radius 1 is 1.62 bits per heavy atom. The normalized spacial score (nSPS) is 11.6. The Balaban J connectivity index is 3.01. The maximum absolute atomic E-state index is 10.2. The summed E-state index contributed by atoms with van der Waals surface area (Å²) in [5, 5.41) is 13.5. The lowest BCUT2D eigenvalue weighted by Crippen LogP contribution is -2.22. The molecule has 4 nitrogen and oxygen atoms in total. The van der Waals surface area contributed by atoms with Gasteiger partial charge in [0.15, 0.2) is 5.75 Å². The fourth-order valence-corrected chi connectivity index (χ4v) is 0.968. The van der Waals surface area contributed by atoms with Crippen molar-refractivity contribution in [2.45, 2.75) is 32.7 Å². The minimum Gasteiger partial charge on any atom is -0.504 e. The van der Waals surface area contributed by atoms with Gasteiger partial charge in [-0.25, -0.2) is 0 Å². The van der Waals surface area contributed by atoms with Crippen LogP contribution in [0.15, 0.2) is 6.20 Å². The van der Waals surface area contributed by atoms with Crippen molar-refractivity contribution in [1.82, 2.24) is 9.78 Å². The van der Waals surface area contributed by atoms with Gasteiger partial charge in [0, 0.05) is 0 Å². The summed E-state index contributed by atoms with van der Waals surface area (Å²) in [6.45, 7) is 5.93. The van der Waals surface area contributed by atoms with Gasteiger partial charge in [-0.1, -0.05) is 0 Å². The van der Waals surface area contributed by atoms with Gasteiger partial charge >= 0.3 is 0 Å². The van der Waals surface area contributed by atoms with Gasteiger partial charge in [-0.2, -0.15) is 5.10 Å². The number of hydrogen-bond acceptors (Lipinski definition) is 3. The van der Waals surface area contributed by atoms with Gasteiger partial charge in [-0.15, -0.1) is 0 Å². The van der Waals surface area contributed by atoms with Crippen LogP contribution in [-0.4, -0.2) is 21.2 Å². The molecule has 0 bridgehead atoms. The molecule has 1 aromatic rings. The molecule has 1 aromatic heterocycles. The molecule has 0 aliphatic rings. The van der Waals surface area contributed by atoms with E-state index in [0.29, 0.717) is 5.69 Å². The first kappa shape index (κ1) is 9.77. The van der Waals surface area contributed by atoms with Crippen molar-refractivity contribution in [3.05, 3.63) is 11.9 Å². The second kappa shape index (κ2) is 3.20. The summed E-state index contributed by atoms with van der Waals surface area (Å²) in [7, 11) is 0. The van der Waals surface area contributed by atoms with E-state index < -0.39 is 0 Å². The van der Waals surface area contributed by atoms with E-state index in [9.17, 15) is 9.90 Å². The minimum atomic E-state index is -0.168. The third-order valence-electron chi connectivity index (χ3n) is 1.73. The lowest BCUT2D eigenvalue weighted by Gasteiger charge is -2.18. The molecule has 1 rings (SSSR count). The smallest absolute Gasteiger partial charge is 0.157 e. The van der Waals surface area contributed by atoms with Crippen LogP contribution in [0, 0.1) is 0 Å². The van der Waals surface area contributed by atoms with E-state index in [1.807, 2.05) is 20.8 Å². The van der Waals surface area contributed by atoms with Crippen molar-refractivity contribution < 1.29 is 9.90 Å². The van der Waals surface area contributed by atoms with Crippen molar-refractivity contribution in [3.63, 3.8) is 0 Å². The molecule has 4 heteroatoms. The zero-order chi connectivity index (χ0) is 10.1. The maximum Gasteiger partial charge on any atom is 0.157 e. The van der Waals surface area contributed by atoms with E-state index >= 15 is 0 Å². The molecule has 13 heavy (non-hydrogen) atoms. The molecule has 0 amide bonds. The van der Waals surface area contributed by atoms with Crippen molar-refractivity contribution in [3.8, 4) is 5.75 Å². The first-order valence-corrected chi connectivity index (χ1v) is 4.17. The summed E-state index contributed by atoms with van der Waals surface area (Å²) >= 11 is 0. The van der Waals surface area contributed by atoms with Crippen molar-refractivity contribution in [2.75, 3.05) is 0 Å². The van der Waals surface area contributed by atoms with Gasteiger partial charge in [0.25, 0.3) is 0 Å². The van der Waals surface area contributed by atoms with E-state index in [-0.39, 0.29) is 17.7 Å². The highest BCUT2D eigenvalue weighted by molar-refractivity contribution is 5.55. The molecule has 0 radical (unpaired) electrons. The summed E-state index contributed by atoms with van der Waals surface area (Å²) in [6.07, 6.45) is 2.43. The van der Waals surface area contributed by atoms with Gasteiger partial charge in [-0.3, -0.25) is 4.68 Å². The highest BCUT2D eigenvalue weighted by atomic mass is 16.3. The number of hydrogen-bond donors (Lipinski definition) is 1. The zero-order valence-electron chi connectivity index (χ0n) is 8.11. The molecule has 0 spiro atoms. The second-order valence-electron chi connectivity index (χ2n) is 3.95. The number of aromatic hydroxyl groups is 1. The van der Waals surface area contributed by atoms with E-state index in [1.54, 1.807) is 10.9 Å². The molecule has 0 aromatic carbocycles. The number of aromatic nitrogens is 2. The molecule has 1 heterocycles. The standard InChI is InChI=1S/C9H14N2O2/c1-9(2,3)11-6-8(13)7(10-11)4-5-12/h5-6,13H,4H2,1-3H3.